The number of esters is 3. The van der Waals surface area contributed by atoms with Gasteiger partial charge in [-0.3, -0.25) is 14.6 Å². The van der Waals surface area contributed by atoms with E-state index in [4.69, 9.17) is 14.2 Å². The lowest BCUT2D eigenvalue weighted by Crippen LogP contribution is -2.46. The number of benzene rings is 1. The maximum absolute atomic E-state index is 12.1. The Kier molecular flexibility index (Phi) is 9.69. The monoisotopic (exact) mass is 431 g/mol. The lowest BCUT2D eigenvalue weighted by Gasteiger charge is -2.31. The average molecular weight is 432 g/mol. The van der Waals surface area contributed by atoms with E-state index in [1.54, 1.807) is 24.3 Å². The van der Waals surface area contributed by atoms with E-state index in [0.717, 1.165) is 12.8 Å². The van der Waals surface area contributed by atoms with Crippen LogP contribution in [0.3, 0.4) is 0 Å². The molecule has 1 heterocycles. The van der Waals surface area contributed by atoms with Crippen molar-refractivity contribution < 1.29 is 28.6 Å². The number of carbonyl (C=O) groups is 3. The SMILES string of the molecule is CCCCCCCCCCOC(=O)c1ccc(N=CC2C(=O)OC(C)(C)OC2=O)cc1. The molecule has 31 heavy (non-hydrogen) atoms. The molecule has 0 bridgehead atoms. The van der Waals surface area contributed by atoms with E-state index in [0.29, 0.717) is 17.9 Å². The van der Waals surface area contributed by atoms with E-state index in [-0.39, 0.29) is 5.97 Å². The van der Waals surface area contributed by atoms with Crippen LogP contribution in [-0.2, 0) is 23.8 Å². The molecule has 0 amide bonds. The van der Waals surface area contributed by atoms with Crippen molar-refractivity contribution in [3.05, 3.63) is 29.8 Å². The van der Waals surface area contributed by atoms with E-state index in [2.05, 4.69) is 11.9 Å². The number of carbonyl (C=O) groups excluding carboxylic acids is 3. The standard InChI is InChI=1S/C24H33NO6/c1-4-5-6-7-8-9-10-11-16-29-21(26)18-12-14-19(15-13-18)25-17-20-22(27)30-24(2,3)31-23(20)28/h12-15,17,20H,4-11,16H2,1-3H3. The fourth-order valence-electron chi connectivity index (χ4n) is 3.18. The largest absolute Gasteiger partial charge is 0.462 e. The average Bonchev–Trinajstić information content (AvgIpc) is 2.71. The Balaban J connectivity index is 1.72. The predicted molar refractivity (Wildman–Crippen MR) is 117 cm³/mol. The van der Waals surface area contributed by atoms with Gasteiger partial charge in [0.15, 0.2) is 5.92 Å². The Hall–Kier alpha value is -2.70. The molecule has 170 valence electrons. The smallest absolute Gasteiger partial charge is 0.338 e. The molecule has 2 rings (SSSR count). The number of nitrogens with zero attached hydrogens (tertiary/aromatic N) is 1. The molecule has 0 N–H and O–H groups in total. The van der Waals surface area contributed by atoms with Crippen molar-refractivity contribution in [3.63, 3.8) is 0 Å². The molecular weight excluding hydrogens is 398 g/mol. The summed E-state index contributed by atoms with van der Waals surface area (Å²) >= 11 is 0. The van der Waals surface area contributed by atoms with E-state index in [1.165, 1.54) is 58.6 Å². The summed E-state index contributed by atoms with van der Waals surface area (Å²) in [6.07, 6.45) is 10.7. The van der Waals surface area contributed by atoms with Gasteiger partial charge in [-0.25, -0.2) is 4.79 Å². The normalized spacial score (nSPS) is 16.2. The zero-order valence-corrected chi connectivity index (χ0v) is 18.7. The maximum atomic E-state index is 12.1. The molecule has 0 saturated carbocycles. The molecule has 0 aromatic heterocycles. The van der Waals surface area contributed by atoms with Crippen LogP contribution in [0, 0.1) is 5.92 Å². The molecule has 0 unspecified atom stereocenters. The first-order valence-corrected chi connectivity index (χ1v) is 11.1. The van der Waals surface area contributed by atoms with Gasteiger partial charge < -0.3 is 14.2 Å². The third-order valence-corrected chi connectivity index (χ3v) is 4.91. The van der Waals surface area contributed by atoms with Crippen LogP contribution in [0.1, 0.15) is 82.5 Å². The molecule has 0 aliphatic carbocycles. The van der Waals surface area contributed by atoms with Gasteiger partial charge in [0.2, 0.25) is 0 Å². The van der Waals surface area contributed by atoms with Gasteiger partial charge in [-0.05, 0) is 30.7 Å². The van der Waals surface area contributed by atoms with Crippen molar-refractivity contribution in [1.29, 1.82) is 0 Å². The highest BCUT2D eigenvalue weighted by Crippen LogP contribution is 2.23. The minimum Gasteiger partial charge on any atom is -0.462 e. The Bertz CT molecular complexity index is 749. The minimum absolute atomic E-state index is 0.375. The van der Waals surface area contributed by atoms with E-state index in [1.807, 2.05) is 0 Å². The summed E-state index contributed by atoms with van der Waals surface area (Å²) in [6, 6.07) is 6.44. The first-order valence-electron chi connectivity index (χ1n) is 11.1. The predicted octanol–water partition coefficient (Wildman–Crippen LogP) is 5.14. The summed E-state index contributed by atoms with van der Waals surface area (Å²) in [5.41, 5.74) is 0.918. The van der Waals surface area contributed by atoms with Gasteiger partial charge in [-0.1, -0.05) is 51.9 Å². The maximum Gasteiger partial charge on any atom is 0.338 e. The van der Waals surface area contributed by atoms with Crippen LogP contribution in [0.15, 0.2) is 29.3 Å². The molecule has 7 heteroatoms. The lowest BCUT2D eigenvalue weighted by atomic mass is 10.1. The topological polar surface area (TPSA) is 91.3 Å². The second kappa shape index (κ2) is 12.2. The number of hydrogen-bond donors (Lipinski definition) is 0. The molecule has 1 fully saturated rings. The highest BCUT2D eigenvalue weighted by molar-refractivity contribution is 6.10. The number of rotatable bonds is 12. The van der Waals surface area contributed by atoms with Gasteiger partial charge in [0, 0.05) is 20.1 Å². The molecule has 1 aromatic rings. The summed E-state index contributed by atoms with van der Waals surface area (Å²) in [5.74, 6) is -4.25. The Morgan fingerprint density at radius 1 is 0.968 bits per heavy atom. The van der Waals surface area contributed by atoms with E-state index in [9.17, 15) is 14.4 Å². The zero-order chi connectivity index (χ0) is 22.7. The second-order valence-electron chi connectivity index (χ2n) is 8.16. The first kappa shape index (κ1) is 24.6. The van der Waals surface area contributed by atoms with Gasteiger partial charge >= 0.3 is 17.9 Å². The summed E-state index contributed by atoms with van der Waals surface area (Å²) in [4.78, 5) is 40.1. The minimum atomic E-state index is -1.27. The van der Waals surface area contributed by atoms with Crippen LogP contribution in [-0.4, -0.2) is 36.5 Å². The molecule has 0 spiro atoms. The molecule has 1 saturated heterocycles. The Morgan fingerprint density at radius 2 is 1.52 bits per heavy atom. The van der Waals surface area contributed by atoms with Crippen LogP contribution in [0.2, 0.25) is 0 Å². The molecule has 0 atom stereocenters. The molecule has 1 aliphatic heterocycles. The van der Waals surface area contributed by atoms with Crippen molar-refractivity contribution in [1.82, 2.24) is 0 Å². The van der Waals surface area contributed by atoms with E-state index < -0.39 is 23.6 Å². The number of cyclic esters (lactones) is 2. The van der Waals surface area contributed by atoms with Crippen molar-refractivity contribution in [2.24, 2.45) is 10.9 Å². The molecule has 1 aromatic carbocycles. The van der Waals surface area contributed by atoms with Gasteiger partial charge in [-0.15, -0.1) is 0 Å². The van der Waals surface area contributed by atoms with Crippen molar-refractivity contribution in [2.75, 3.05) is 6.61 Å². The van der Waals surface area contributed by atoms with Gasteiger partial charge in [0.1, 0.15) is 0 Å². The van der Waals surface area contributed by atoms with Crippen LogP contribution in [0.25, 0.3) is 0 Å². The summed E-state index contributed by atoms with van der Waals surface area (Å²) < 4.78 is 15.4. The summed E-state index contributed by atoms with van der Waals surface area (Å²) in [7, 11) is 0. The fourth-order valence-corrected chi connectivity index (χ4v) is 3.18. The van der Waals surface area contributed by atoms with Gasteiger partial charge in [-0.2, -0.15) is 0 Å². The number of aliphatic imine (C=N–C) groups is 1. The summed E-state index contributed by atoms with van der Waals surface area (Å²) in [5, 5.41) is 0. The first-order chi connectivity index (χ1) is 14.8. The van der Waals surface area contributed by atoms with Crippen molar-refractivity contribution in [3.8, 4) is 0 Å². The fraction of sp³-hybridized carbons (Fsp3) is 0.583. The quantitative estimate of drug-likeness (QED) is 0.197. The van der Waals surface area contributed by atoms with Crippen molar-refractivity contribution in [2.45, 2.75) is 77.9 Å². The molecule has 1 aliphatic rings. The van der Waals surface area contributed by atoms with Crippen molar-refractivity contribution >= 4 is 29.8 Å². The number of ether oxygens (including phenoxy) is 3. The highest BCUT2D eigenvalue weighted by atomic mass is 16.7. The van der Waals surface area contributed by atoms with Crippen LogP contribution in [0.5, 0.6) is 0 Å². The van der Waals surface area contributed by atoms with Gasteiger partial charge in [0.25, 0.3) is 5.79 Å². The van der Waals surface area contributed by atoms with E-state index >= 15 is 0 Å². The molecular formula is C24H33NO6. The zero-order valence-electron chi connectivity index (χ0n) is 18.7. The van der Waals surface area contributed by atoms with Gasteiger partial charge in [0.05, 0.1) is 17.9 Å². The van der Waals surface area contributed by atoms with Crippen LogP contribution < -0.4 is 0 Å². The lowest BCUT2D eigenvalue weighted by molar-refractivity contribution is -0.235. The Morgan fingerprint density at radius 3 is 2.10 bits per heavy atom. The number of hydrogen-bond acceptors (Lipinski definition) is 7. The summed E-state index contributed by atoms with van der Waals surface area (Å²) in [6.45, 7) is 5.60. The second-order valence-corrected chi connectivity index (χ2v) is 8.16. The third kappa shape index (κ3) is 8.52. The molecule has 0 radical (unpaired) electrons. The highest BCUT2D eigenvalue weighted by Gasteiger charge is 2.42. The number of unbranched alkanes of at least 4 members (excludes halogenated alkanes) is 7. The van der Waals surface area contributed by atoms with Crippen LogP contribution in [0.4, 0.5) is 5.69 Å². The molecule has 7 nitrogen and oxygen atoms in total. The Labute approximate surface area is 184 Å². The third-order valence-electron chi connectivity index (χ3n) is 4.91. The van der Waals surface area contributed by atoms with Crippen LogP contribution >= 0.6 is 0 Å².